The molecule has 2 aliphatic heterocycles. The summed E-state index contributed by atoms with van der Waals surface area (Å²) in [4.78, 5) is 0. The Kier molecular flexibility index (Phi) is 3.00. The molecular weight excluding hydrogens is 192 g/mol. The zero-order valence-electron chi connectivity index (χ0n) is 9.41. The van der Waals surface area contributed by atoms with Gasteiger partial charge in [0.15, 0.2) is 0 Å². The van der Waals surface area contributed by atoms with Crippen LogP contribution in [0, 0.1) is 5.41 Å². The van der Waals surface area contributed by atoms with Crippen LogP contribution in [0.3, 0.4) is 0 Å². The predicted molar refractivity (Wildman–Crippen MR) is 57.0 cm³/mol. The second kappa shape index (κ2) is 4.27. The fraction of sp³-hybridized carbons (Fsp3) is 0.667. The van der Waals surface area contributed by atoms with Crippen molar-refractivity contribution in [2.75, 3.05) is 19.8 Å². The molecule has 2 heterocycles. The molecule has 2 rings (SSSR count). The largest absolute Gasteiger partial charge is 0.464 e. The SMILES string of the molecule is CC=C1OCC2(CCCOC2)C(=CC)O1. The van der Waals surface area contributed by atoms with Gasteiger partial charge in [0.25, 0.3) is 5.95 Å². The minimum Gasteiger partial charge on any atom is -0.464 e. The average Bonchev–Trinajstić information content (AvgIpc) is 2.31. The molecule has 0 aliphatic carbocycles. The fourth-order valence-corrected chi connectivity index (χ4v) is 2.19. The molecule has 3 heteroatoms. The Balaban J connectivity index is 2.18. The molecule has 3 nitrogen and oxygen atoms in total. The maximum absolute atomic E-state index is 5.70. The van der Waals surface area contributed by atoms with Crippen molar-refractivity contribution in [3.05, 3.63) is 23.9 Å². The lowest BCUT2D eigenvalue weighted by molar-refractivity contribution is -0.109. The van der Waals surface area contributed by atoms with E-state index in [1.54, 1.807) is 0 Å². The van der Waals surface area contributed by atoms with E-state index in [9.17, 15) is 0 Å². The molecule has 2 aliphatic rings. The Morgan fingerprint density at radius 3 is 2.67 bits per heavy atom. The van der Waals surface area contributed by atoms with Crippen molar-refractivity contribution in [2.24, 2.45) is 5.41 Å². The highest BCUT2D eigenvalue weighted by Gasteiger charge is 2.42. The molecule has 0 amide bonds. The van der Waals surface area contributed by atoms with E-state index in [4.69, 9.17) is 14.2 Å². The number of hydrogen-bond acceptors (Lipinski definition) is 3. The standard InChI is InChI=1S/C12H18O3/c1-3-10-12(6-5-7-13-8-12)9-14-11(4-2)15-10/h3-4H,5-9H2,1-2H3. The highest BCUT2D eigenvalue weighted by molar-refractivity contribution is 5.14. The van der Waals surface area contributed by atoms with E-state index in [0.29, 0.717) is 19.2 Å². The molecule has 0 aromatic rings. The first-order chi connectivity index (χ1) is 7.30. The third-order valence-corrected chi connectivity index (χ3v) is 3.04. The van der Waals surface area contributed by atoms with E-state index in [1.807, 2.05) is 26.0 Å². The molecule has 0 bridgehead atoms. The van der Waals surface area contributed by atoms with E-state index in [1.165, 1.54) is 0 Å². The van der Waals surface area contributed by atoms with Gasteiger partial charge in [0, 0.05) is 6.61 Å². The van der Waals surface area contributed by atoms with Crippen LogP contribution in [0.4, 0.5) is 0 Å². The summed E-state index contributed by atoms with van der Waals surface area (Å²) in [6, 6.07) is 0. The van der Waals surface area contributed by atoms with Gasteiger partial charge in [0.2, 0.25) is 0 Å². The zero-order chi connectivity index (χ0) is 10.7. The second-order valence-electron chi connectivity index (χ2n) is 4.09. The Labute approximate surface area is 90.7 Å². The molecule has 1 spiro atoms. The van der Waals surface area contributed by atoms with Gasteiger partial charge in [-0.3, -0.25) is 0 Å². The summed E-state index contributed by atoms with van der Waals surface area (Å²) >= 11 is 0. The average molecular weight is 210 g/mol. The molecule has 0 radical (unpaired) electrons. The number of hydrogen-bond donors (Lipinski definition) is 0. The summed E-state index contributed by atoms with van der Waals surface area (Å²) in [7, 11) is 0. The topological polar surface area (TPSA) is 27.7 Å². The number of rotatable bonds is 0. The first-order valence-electron chi connectivity index (χ1n) is 5.52. The van der Waals surface area contributed by atoms with Crippen LogP contribution in [0.1, 0.15) is 26.7 Å². The van der Waals surface area contributed by atoms with Crippen LogP contribution >= 0.6 is 0 Å². The van der Waals surface area contributed by atoms with Crippen molar-refractivity contribution in [1.82, 2.24) is 0 Å². The highest BCUT2D eigenvalue weighted by Crippen LogP contribution is 2.41. The first-order valence-corrected chi connectivity index (χ1v) is 5.52. The van der Waals surface area contributed by atoms with Crippen LogP contribution in [-0.2, 0) is 14.2 Å². The third kappa shape index (κ3) is 1.88. The highest BCUT2D eigenvalue weighted by atomic mass is 16.7. The van der Waals surface area contributed by atoms with Crippen molar-refractivity contribution in [3.8, 4) is 0 Å². The molecule has 15 heavy (non-hydrogen) atoms. The van der Waals surface area contributed by atoms with Crippen molar-refractivity contribution in [2.45, 2.75) is 26.7 Å². The molecular formula is C12H18O3. The maximum Gasteiger partial charge on any atom is 0.279 e. The van der Waals surface area contributed by atoms with Crippen LogP contribution in [0.5, 0.6) is 0 Å². The van der Waals surface area contributed by atoms with Gasteiger partial charge >= 0.3 is 0 Å². The van der Waals surface area contributed by atoms with Crippen LogP contribution in [-0.4, -0.2) is 19.8 Å². The Bertz CT molecular complexity index is 285. The van der Waals surface area contributed by atoms with E-state index in [0.717, 1.165) is 25.2 Å². The molecule has 1 unspecified atom stereocenters. The van der Waals surface area contributed by atoms with Gasteiger partial charge in [-0.05, 0) is 38.8 Å². The van der Waals surface area contributed by atoms with Crippen LogP contribution in [0.15, 0.2) is 23.9 Å². The summed E-state index contributed by atoms with van der Waals surface area (Å²) in [6.07, 6.45) is 6.04. The molecule has 0 N–H and O–H groups in total. The summed E-state index contributed by atoms with van der Waals surface area (Å²) in [5.41, 5.74) is -0.0422. The summed E-state index contributed by atoms with van der Waals surface area (Å²) < 4.78 is 16.8. The van der Waals surface area contributed by atoms with Gasteiger partial charge < -0.3 is 14.2 Å². The van der Waals surface area contributed by atoms with E-state index >= 15 is 0 Å². The van der Waals surface area contributed by atoms with Crippen LogP contribution in [0.2, 0.25) is 0 Å². The summed E-state index contributed by atoms with van der Waals surface area (Å²) in [6.45, 7) is 6.16. The first kappa shape index (κ1) is 10.6. The molecule has 2 saturated heterocycles. The van der Waals surface area contributed by atoms with Crippen LogP contribution < -0.4 is 0 Å². The molecule has 84 valence electrons. The monoisotopic (exact) mass is 210 g/mol. The summed E-state index contributed by atoms with van der Waals surface area (Å²) in [5, 5.41) is 0. The number of allylic oxidation sites excluding steroid dienone is 2. The lowest BCUT2D eigenvalue weighted by Gasteiger charge is -2.41. The van der Waals surface area contributed by atoms with E-state index < -0.39 is 0 Å². The zero-order valence-corrected chi connectivity index (χ0v) is 9.41. The smallest absolute Gasteiger partial charge is 0.279 e. The second-order valence-corrected chi connectivity index (χ2v) is 4.09. The molecule has 0 aromatic carbocycles. The van der Waals surface area contributed by atoms with E-state index in [2.05, 4.69) is 0 Å². The quantitative estimate of drug-likeness (QED) is 0.615. The van der Waals surface area contributed by atoms with Gasteiger partial charge in [0.05, 0.1) is 12.0 Å². The minimum atomic E-state index is -0.0422. The van der Waals surface area contributed by atoms with Crippen molar-refractivity contribution < 1.29 is 14.2 Å². The van der Waals surface area contributed by atoms with Gasteiger partial charge in [-0.1, -0.05) is 0 Å². The van der Waals surface area contributed by atoms with Gasteiger partial charge in [-0.2, -0.15) is 0 Å². The lowest BCUT2D eigenvalue weighted by atomic mass is 9.80. The molecule has 1 atom stereocenters. The number of ether oxygens (including phenoxy) is 3. The minimum absolute atomic E-state index is 0.0422. The van der Waals surface area contributed by atoms with Crippen molar-refractivity contribution in [3.63, 3.8) is 0 Å². The molecule has 2 fully saturated rings. The maximum atomic E-state index is 5.70. The summed E-state index contributed by atoms with van der Waals surface area (Å²) in [5.74, 6) is 1.61. The van der Waals surface area contributed by atoms with Gasteiger partial charge in [-0.15, -0.1) is 0 Å². The fourth-order valence-electron chi connectivity index (χ4n) is 2.19. The Morgan fingerprint density at radius 2 is 2.07 bits per heavy atom. The van der Waals surface area contributed by atoms with E-state index in [-0.39, 0.29) is 5.41 Å². The Morgan fingerprint density at radius 1 is 1.20 bits per heavy atom. The van der Waals surface area contributed by atoms with Crippen LogP contribution in [0.25, 0.3) is 0 Å². The van der Waals surface area contributed by atoms with Crippen molar-refractivity contribution >= 4 is 0 Å². The van der Waals surface area contributed by atoms with Gasteiger partial charge in [0.1, 0.15) is 12.4 Å². The predicted octanol–water partition coefficient (Wildman–Crippen LogP) is 2.60. The third-order valence-electron chi connectivity index (χ3n) is 3.04. The molecule has 0 saturated carbocycles. The normalized spacial score (nSPS) is 36.7. The Hall–Kier alpha value is -0.960. The van der Waals surface area contributed by atoms with Gasteiger partial charge in [-0.25, -0.2) is 0 Å². The lowest BCUT2D eigenvalue weighted by Crippen LogP contribution is -2.41. The van der Waals surface area contributed by atoms with Crippen molar-refractivity contribution in [1.29, 1.82) is 0 Å². The molecule has 0 aromatic heterocycles.